The van der Waals surface area contributed by atoms with E-state index in [1.807, 2.05) is 0 Å². The highest BCUT2D eigenvalue weighted by molar-refractivity contribution is 4.98. The van der Waals surface area contributed by atoms with Crippen LogP contribution in [0.1, 0.15) is 52.9 Å². The van der Waals surface area contributed by atoms with Crippen molar-refractivity contribution in [3.63, 3.8) is 0 Å². The van der Waals surface area contributed by atoms with Gasteiger partial charge >= 0.3 is 0 Å². The van der Waals surface area contributed by atoms with Crippen LogP contribution in [-0.4, -0.2) is 12.1 Å². The topological polar surface area (TPSA) is 12.0 Å². The van der Waals surface area contributed by atoms with Crippen molar-refractivity contribution in [2.45, 2.75) is 65.0 Å². The fraction of sp³-hybridized carbons (Fsp3) is 0.833. The molecule has 0 saturated heterocycles. The largest absolute Gasteiger partial charge is 0.301 e. The molecular formula is C12H23N. The molecule has 0 saturated carbocycles. The standard InChI is InChI=1S/C12H23N/c1-5-8-9-10-11(4)13-12(6-2)7-3/h2,11-13H,5,7-10H2,1,3-4H3. The molecule has 0 fully saturated rings. The molecule has 0 rings (SSSR count). The number of rotatable bonds is 7. The van der Waals surface area contributed by atoms with Crippen LogP contribution in [0.5, 0.6) is 0 Å². The summed E-state index contributed by atoms with van der Waals surface area (Å²) in [6, 6.07) is 0.823. The van der Waals surface area contributed by atoms with E-state index >= 15 is 0 Å². The second-order valence-corrected chi connectivity index (χ2v) is 3.69. The Kier molecular flexibility index (Phi) is 7.83. The van der Waals surface area contributed by atoms with Gasteiger partial charge in [-0.3, -0.25) is 0 Å². The number of hydrogen-bond donors (Lipinski definition) is 1. The third-order valence-corrected chi connectivity index (χ3v) is 2.34. The van der Waals surface area contributed by atoms with Gasteiger partial charge in [0.2, 0.25) is 0 Å². The SMILES string of the molecule is C#CC(CC)NC(C)CCCCC. The second-order valence-electron chi connectivity index (χ2n) is 3.69. The summed E-state index contributed by atoms with van der Waals surface area (Å²) in [6.45, 7) is 6.57. The van der Waals surface area contributed by atoms with E-state index in [1.54, 1.807) is 0 Å². The molecule has 0 bridgehead atoms. The molecule has 1 heteroatoms. The fourth-order valence-electron chi connectivity index (χ4n) is 1.41. The van der Waals surface area contributed by atoms with Gasteiger partial charge in [0, 0.05) is 6.04 Å². The third-order valence-electron chi connectivity index (χ3n) is 2.34. The van der Waals surface area contributed by atoms with Crippen LogP contribution in [0, 0.1) is 12.3 Å². The summed E-state index contributed by atoms with van der Waals surface area (Å²) in [6.07, 6.45) is 11.6. The molecule has 0 aliphatic carbocycles. The Hall–Kier alpha value is -0.480. The number of unbranched alkanes of at least 4 members (excludes halogenated alkanes) is 2. The van der Waals surface area contributed by atoms with E-state index in [0.717, 1.165) is 6.42 Å². The van der Waals surface area contributed by atoms with Crippen LogP contribution in [0.2, 0.25) is 0 Å². The third kappa shape index (κ3) is 6.66. The van der Waals surface area contributed by atoms with Crippen molar-refractivity contribution in [1.29, 1.82) is 0 Å². The van der Waals surface area contributed by atoms with Crippen LogP contribution in [0.3, 0.4) is 0 Å². The minimum absolute atomic E-state index is 0.261. The summed E-state index contributed by atoms with van der Waals surface area (Å²) >= 11 is 0. The Morgan fingerprint density at radius 3 is 2.46 bits per heavy atom. The van der Waals surface area contributed by atoms with E-state index in [1.165, 1.54) is 25.7 Å². The minimum Gasteiger partial charge on any atom is -0.301 e. The quantitative estimate of drug-likeness (QED) is 0.470. The zero-order valence-electron chi connectivity index (χ0n) is 9.27. The van der Waals surface area contributed by atoms with Crippen molar-refractivity contribution in [2.24, 2.45) is 0 Å². The van der Waals surface area contributed by atoms with Crippen LogP contribution in [0.25, 0.3) is 0 Å². The molecule has 0 radical (unpaired) electrons. The lowest BCUT2D eigenvalue weighted by Gasteiger charge is -2.17. The smallest absolute Gasteiger partial charge is 0.0686 e. The first-order valence-corrected chi connectivity index (χ1v) is 5.46. The molecule has 2 unspecified atom stereocenters. The number of nitrogens with one attached hydrogen (secondary N) is 1. The van der Waals surface area contributed by atoms with Crippen molar-refractivity contribution in [3.05, 3.63) is 0 Å². The van der Waals surface area contributed by atoms with Crippen LogP contribution in [-0.2, 0) is 0 Å². The molecule has 76 valence electrons. The van der Waals surface area contributed by atoms with Crippen LogP contribution >= 0.6 is 0 Å². The molecule has 0 aliphatic heterocycles. The lowest BCUT2D eigenvalue weighted by Crippen LogP contribution is -2.34. The van der Waals surface area contributed by atoms with Crippen LogP contribution < -0.4 is 5.32 Å². The molecule has 0 aliphatic rings. The molecule has 0 spiro atoms. The van der Waals surface area contributed by atoms with Gasteiger partial charge in [-0.25, -0.2) is 0 Å². The van der Waals surface area contributed by atoms with E-state index in [-0.39, 0.29) is 6.04 Å². The molecule has 2 atom stereocenters. The molecule has 1 N–H and O–H groups in total. The number of hydrogen-bond acceptors (Lipinski definition) is 1. The summed E-state index contributed by atoms with van der Waals surface area (Å²) in [5.74, 6) is 2.76. The summed E-state index contributed by atoms with van der Waals surface area (Å²) < 4.78 is 0. The van der Waals surface area contributed by atoms with E-state index in [2.05, 4.69) is 32.0 Å². The van der Waals surface area contributed by atoms with Crippen molar-refractivity contribution in [3.8, 4) is 12.3 Å². The molecule has 1 nitrogen and oxygen atoms in total. The first-order chi connectivity index (χ1) is 6.24. The lowest BCUT2D eigenvalue weighted by molar-refractivity contribution is 0.453. The van der Waals surface area contributed by atoms with Crippen molar-refractivity contribution in [2.75, 3.05) is 0 Å². The maximum absolute atomic E-state index is 5.37. The summed E-state index contributed by atoms with van der Waals surface area (Å²) in [7, 11) is 0. The van der Waals surface area contributed by atoms with Crippen molar-refractivity contribution >= 4 is 0 Å². The predicted octanol–water partition coefficient (Wildman–Crippen LogP) is 2.96. The molecule has 0 heterocycles. The molecular weight excluding hydrogens is 158 g/mol. The Morgan fingerprint density at radius 1 is 1.31 bits per heavy atom. The van der Waals surface area contributed by atoms with Crippen LogP contribution in [0.4, 0.5) is 0 Å². The van der Waals surface area contributed by atoms with Crippen molar-refractivity contribution in [1.82, 2.24) is 5.32 Å². The normalized spacial score (nSPS) is 14.9. The van der Waals surface area contributed by atoms with Gasteiger partial charge in [0.15, 0.2) is 0 Å². The first-order valence-electron chi connectivity index (χ1n) is 5.46. The van der Waals surface area contributed by atoms with Crippen LogP contribution in [0.15, 0.2) is 0 Å². The Balaban J connectivity index is 3.49. The molecule has 0 aromatic rings. The van der Waals surface area contributed by atoms with E-state index in [0.29, 0.717) is 6.04 Å². The molecule has 13 heavy (non-hydrogen) atoms. The summed E-state index contributed by atoms with van der Waals surface area (Å²) in [5, 5.41) is 3.44. The average molecular weight is 181 g/mol. The minimum atomic E-state index is 0.261. The van der Waals surface area contributed by atoms with Crippen molar-refractivity contribution < 1.29 is 0 Å². The molecule has 0 amide bonds. The maximum atomic E-state index is 5.37. The van der Waals surface area contributed by atoms with Gasteiger partial charge in [-0.2, -0.15) is 0 Å². The van der Waals surface area contributed by atoms with Gasteiger partial charge in [-0.1, -0.05) is 39.0 Å². The van der Waals surface area contributed by atoms with E-state index in [9.17, 15) is 0 Å². The number of terminal acetylenes is 1. The van der Waals surface area contributed by atoms with Gasteiger partial charge in [-0.15, -0.1) is 6.42 Å². The summed E-state index contributed by atoms with van der Waals surface area (Å²) in [4.78, 5) is 0. The molecule has 0 aromatic heterocycles. The summed E-state index contributed by atoms with van der Waals surface area (Å²) in [5.41, 5.74) is 0. The highest BCUT2D eigenvalue weighted by atomic mass is 14.9. The van der Waals surface area contributed by atoms with Gasteiger partial charge < -0.3 is 5.32 Å². The lowest BCUT2D eigenvalue weighted by atomic mass is 10.1. The Labute approximate surface area is 83.3 Å². The Morgan fingerprint density at radius 2 is 2.00 bits per heavy atom. The van der Waals surface area contributed by atoms with Gasteiger partial charge in [0.25, 0.3) is 0 Å². The highest BCUT2D eigenvalue weighted by Crippen LogP contribution is 2.04. The molecule has 0 aromatic carbocycles. The van der Waals surface area contributed by atoms with Gasteiger partial charge in [0.05, 0.1) is 6.04 Å². The highest BCUT2D eigenvalue weighted by Gasteiger charge is 2.06. The fourth-order valence-corrected chi connectivity index (χ4v) is 1.41. The monoisotopic (exact) mass is 181 g/mol. The van der Waals surface area contributed by atoms with Gasteiger partial charge in [-0.05, 0) is 19.8 Å². The predicted molar refractivity (Wildman–Crippen MR) is 59.7 cm³/mol. The Bertz CT molecular complexity index is 146. The zero-order valence-corrected chi connectivity index (χ0v) is 9.27. The maximum Gasteiger partial charge on any atom is 0.0686 e. The van der Waals surface area contributed by atoms with E-state index < -0.39 is 0 Å². The zero-order chi connectivity index (χ0) is 10.1. The van der Waals surface area contributed by atoms with Gasteiger partial charge in [0.1, 0.15) is 0 Å². The average Bonchev–Trinajstić information content (AvgIpc) is 2.14. The first kappa shape index (κ1) is 12.5. The van der Waals surface area contributed by atoms with E-state index in [4.69, 9.17) is 6.42 Å². The second kappa shape index (κ2) is 8.13.